The van der Waals surface area contributed by atoms with Crippen LogP contribution in [0.1, 0.15) is 44.9 Å². The molecular weight excluding hydrogens is 172 g/mol. The first-order valence-corrected chi connectivity index (χ1v) is 6.41. The maximum Gasteiger partial charge on any atom is 0.00682 e. The largest absolute Gasteiger partial charge is 0.314 e. The lowest BCUT2D eigenvalue weighted by atomic mass is 10.2. The fourth-order valence-corrected chi connectivity index (χ4v) is 2.26. The molecule has 0 amide bonds. The number of rotatable bonds is 5. The lowest BCUT2D eigenvalue weighted by molar-refractivity contribution is 0.280. The van der Waals surface area contributed by atoms with Crippen molar-refractivity contribution in [1.82, 2.24) is 10.2 Å². The summed E-state index contributed by atoms with van der Waals surface area (Å²) in [6, 6.07) is 0.888. The molecule has 0 spiro atoms. The Kier molecular flexibility index (Phi) is 4.26. The van der Waals surface area contributed by atoms with E-state index in [4.69, 9.17) is 0 Å². The second kappa shape index (κ2) is 5.72. The van der Waals surface area contributed by atoms with Crippen molar-refractivity contribution in [3.63, 3.8) is 0 Å². The molecule has 14 heavy (non-hydrogen) atoms. The highest BCUT2D eigenvalue weighted by atomic mass is 15.1. The zero-order valence-corrected chi connectivity index (χ0v) is 9.30. The summed E-state index contributed by atoms with van der Waals surface area (Å²) in [5.74, 6) is 0. The minimum Gasteiger partial charge on any atom is -0.314 e. The molecule has 1 aliphatic heterocycles. The molecule has 0 radical (unpaired) electrons. The number of hydrogen-bond acceptors (Lipinski definition) is 2. The third-order valence-electron chi connectivity index (χ3n) is 3.36. The Bertz CT molecular complexity index is 146. The highest BCUT2D eigenvalue weighted by molar-refractivity contribution is 4.80. The van der Waals surface area contributed by atoms with Crippen molar-refractivity contribution in [2.45, 2.75) is 51.0 Å². The van der Waals surface area contributed by atoms with Crippen LogP contribution in [0.4, 0.5) is 0 Å². The Balaban J connectivity index is 1.49. The molecule has 2 fully saturated rings. The summed E-state index contributed by atoms with van der Waals surface area (Å²) in [7, 11) is 0. The molecule has 2 nitrogen and oxygen atoms in total. The molecule has 2 rings (SSSR count). The van der Waals surface area contributed by atoms with Crippen molar-refractivity contribution in [1.29, 1.82) is 0 Å². The van der Waals surface area contributed by atoms with Gasteiger partial charge in [-0.25, -0.2) is 0 Å². The number of likely N-dealkylation sites (tertiary alicyclic amines) is 1. The van der Waals surface area contributed by atoms with Gasteiger partial charge in [-0.3, -0.25) is 0 Å². The average Bonchev–Trinajstić information content (AvgIpc) is 3.01. The Morgan fingerprint density at radius 1 is 1.00 bits per heavy atom. The monoisotopic (exact) mass is 196 g/mol. The zero-order chi connectivity index (χ0) is 9.64. The van der Waals surface area contributed by atoms with Gasteiger partial charge in [0.05, 0.1) is 0 Å². The minimum absolute atomic E-state index is 0.888. The van der Waals surface area contributed by atoms with Gasteiger partial charge >= 0.3 is 0 Å². The van der Waals surface area contributed by atoms with E-state index >= 15 is 0 Å². The normalized spacial score (nSPS) is 24.9. The molecule has 1 heterocycles. The van der Waals surface area contributed by atoms with Gasteiger partial charge in [-0.15, -0.1) is 0 Å². The summed E-state index contributed by atoms with van der Waals surface area (Å²) in [4.78, 5) is 2.65. The quantitative estimate of drug-likeness (QED) is 0.677. The van der Waals surface area contributed by atoms with Crippen molar-refractivity contribution in [2.75, 3.05) is 26.2 Å². The Hall–Kier alpha value is -0.0800. The van der Waals surface area contributed by atoms with Crippen LogP contribution in [0.3, 0.4) is 0 Å². The number of nitrogens with one attached hydrogen (secondary N) is 1. The highest BCUT2D eigenvalue weighted by Crippen LogP contribution is 2.18. The third-order valence-corrected chi connectivity index (χ3v) is 3.36. The summed E-state index contributed by atoms with van der Waals surface area (Å²) in [6.45, 7) is 5.26. The number of nitrogens with zero attached hydrogens (tertiary/aromatic N) is 1. The maximum atomic E-state index is 3.59. The van der Waals surface area contributed by atoms with Crippen LogP contribution in [0.15, 0.2) is 0 Å². The molecule has 0 bridgehead atoms. The van der Waals surface area contributed by atoms with Crippen LogP contribution >= 0.6 is 0 Å². The van der Waals surface area contributed by atoms with E-state index < -0.39 is 0 Å². The Morgan fingerprint density at radius 3 is 2.36 bits per heavy atom. The van der Waals surface area contributed by atoms with E-state index in [1.165, 1.54) is 71.1 Å². The van der Waals surface area contributed by atoms with E-state index in [9.17, 15) is 0 Å². The lowest BCUT2D eigenvalue weighted by Gasteiger charge is -2.19. The Labute approximate surface area is 88.1 Å². The van der Waals surface area contributed by atoms with Gasteiger partial charge in [-0.05, 0) is 58.3 Å². The van der Waals surface area contributed by atoms with Crippen molar-refractivity contribution < 1.29 is 0 Å². The SMILES string of the molecule is C1CCCN(CCCNC2CC2)CC1. The van der Waals surface area contributed by atoms with E-state index in [1.54, 1.807) is 0 Å². The minimum atomic E-state index is 0.888. The van der Waals surface area contributed by atoms with Crippen molar-refractivity contribution in [3.05, 3.63) is 0 Å². The first-order chi connectivity index (χ1) is 6.95. The fourth-order valence-electron chi connectivity index (χ4n) is 2.26. The molecule has 2 aliphatic rings. The third kappa shape index (κ3) is 3.97. The van der Waals surface area contributed by atoms with E-state index in [-0.39, 0.29) is 0 Å². The number of hydrogen-bond donors (Lipinski definition) is 1. The summed E-state index contributed by atoms with van der Waals surface area (Å²) in [5, 5.41) is 3.59. The topological polar surface area (TPSA) is 15.3 Å². The van der Waals surface area contributed by atoms with Crippen molar-refractivity contribution in [2.24, 2.45) is 0 Å². The molecule has 1 saturated carbocycles. The standard InChI is InChI=1S/C12H24N2/c1-2-4-10-14(9-3-1)11-5-8-13-12-6-7-12/h12-13H,1-11H2. The average molecular weight is 196 g/mol. The highest BCUT2D eigenvalue weighted by Gasteiger charge is 2.19. The van der Waals surface area contributed by atoms with E-state index in [0.29, 0.717) is 0 Å². The summed E-state index contributed by atoms with van der Waals surface area (Å²) < 4.78 is 0. The van der Waals surface area contributed by atoms with Crippen molar-refractivity contribution in [3.8, 4) is 0 Å². The molecule has 0 aromatic carbocycles. The van der Waals surface area contributed by atoms with Crippen LogP contribution < -0.4 is 5.32 Å². The van der Waals surface area contributed by atoms with Gasteiger partial charge in [0.25, 0.3) is 0 Å². The van der Waals surface area contributed by atoms with E-state index in [1.807, 2.05) is 0 Å². The molecule has 0 atom stereocenters. The predicted molar refractivity (Wildman–Crippen MR) is 60.5 cm³/mol. The molecule has 0 aromatic rings. The molecule has 0 unspecified atom stereocenters. The second-order valence-corrected chi connectivity index (χ2v) is 4.84. The van der Waals surface area contributed by atoms with Gasteiger partial charge < -0.3 is 10.2 Å². The molecule has 0 aromatic heterocycles. The van der Waals surface area contributed by atoms with Crippen LogP contribution in [-0.2, 0) is 0 Å². The van der Waals surface area contributed by atoms with E-state index in [2.05, 4.69) is 10.2 Å². The van der Waals surface area contributed by atoms with Gasteiger partial charge in [0, 0.05) is 6.04 Å². The fraction of sp³-hybridized carbons (Fsp3) is 1.00. The van der Waals surface area contributed by atoms with Crippen LogP contribution in [0.25, 0.3) is 0 Å². The molecule has 2 heteroatoms. The van der Waals surface area contributed by atoms with Crippen molar-refractivity contribution >= 4 is 0 Å². The first-order valence-electron chi connectivity index (χ1n) is 6.41. The predicted octanol–water partition coefficient (Wildman–Crippen LogP) is 2.00. The lowest BCUT2D eigenvalue weighted by Crippen LogP contribution is -2.28. The van der Waals surface area contributed by atoms with Gasteiger partial charge in [0.15, 0.2) is 0 Å². The molecule has 82 valence electrons. The maximum absolute atomic E-state index is 3.59. The van der Waals surface area contributed by atoms with Gasteiger partial charge in [-0.1, -0.05) is 12.8 Å². The summed E-state index contributed by atoms with van der Waals surface area (Å²) in [5.41, 5.74) is 0. The molecular formula is C12H24N2. The van der Waals surface area contributed by atoms with Crippen LogP contribution in [-0.4, -0.2) is 37.1 Å². The van der Waals surface area contributed by atoms with Crippen LogP contribution in [0.2, 0.25) is 0 Å². The van der Waals surface area contributed by atoms with E-state index in [0.717, 1.165) is 6.04 Å². The zero-order valence-electron chi connectivity index (χ0n) is 9.30. The first kappa shape index (κ1) is 10.4. The smallest absolute Gasteiger partial charge is 0.00682 e. The van der Waals surface area contributed by atoms with Crippen LogP contribution in [0, 0.1) is 0 Å². The van der Waals surface area contributed by atoms with Gasteiger partial charge in [0.2, 0.25) is 0 Å². The summed E-state index contributed by atoms with van der Waals surface area (Å²) in [6.07, 6.45) is 9.95. The van der Waals surface area contributed by atoms with Gasteiger partial charge in [0.1, 0.15) is 0 Å². The molecule has 1 N–H and O–H groups in total. The summed E-state index contributed by atoms with van der Waals surface area (Å²) >= 11 is 0. The molecule has 1 saturated heterocycles. The van der Waals surface area contributed by atoms with Crippen LogP contribution in [0.5, 0.6) is 0 Å². The molecule has 1 aliphatic carbocycles. The second-order valence-electron chi connectivity index (χ2n) is 4.84. The van der Waals surface area contributed by atoms with Gasteiger partial charge in [-0.2, -0.15) is 0 Å². The Morgan fingerprint density at radius 2 is 1.71 bits per heavy atom.